The number of amides is 1. The fraction of sp³-hybridized carbons (Fsp3) is 0.579. The Bertz CT molecular complexity index is 914. The summed E-state index contributed by atoms with van der Waals surface area (Å²) in [4.78, 5) is 18.7. The molecule has 2 unspecified atom stereocenters. The van der Waals surface area contributed by atoms with Crippen molar-refractivity contribution in [3.8, 4) is 0 Å². The van der Waals surface area contributed by atoms with Crippen LogP contribution in [-0.4, -0.2) is 42.3 Å². The van der Waals surface area contributed by atoms with Gasteiger partial charge in [0.25, 0.3) is 0 Å². The van der Waals surface area contributed by atoms with Crippen LogP contribution in [0.5, 0.6) is 0 Å². The monoisotopic (exact) mass is 460 g/mol. The van der Waals surface area contributed by atoms with Gasteiger partial charge in [-0.05, 0) is 30.5 Å². The standard InChI is InChI=1S/C19H22Cl2N2O3S2/c20-13-6-7-14(21)15(9-13)23-16-10-28(25,26)11-17(16)27-19(23)22-18(24)8-5-12-3-1-2-4-12/h6-7,9,12,16-17H,1-5,8,10-11H2. The largest absolute Gasteiger partial charge is 0.314 e. The third-order valence-corrected chi connectivity index (χ3v) is 9.46. The van der Waals surface area contributed by atoms with E-state index in [-0.39, 0.29) is 28.7 Å². The van der Waals surface area contributed by atoms with E-state index in [9.17, 15) is 13.2 Å². The van der Waals surface area contributed by atoms with Crippen LogP contribution in [0, 0.1) is 5.92 Å². The number of fused-ring (bicyclic) bond motifs is 1. The highest BCUT2D eigenvalue weighted by molar-refractivity contribution is 8.16. The van der Waals surface area contributed by atoms with Crippen LogP contribution >= 0.6 is 35.0 Å². The van der Waals surface area contributed by atoms with Gasteiger partial charge in [0.05, 0.1) is 28.3 Å². The first kappa shape index (κ1) is 20.5. The van der Waals surface area contributed by atoms with Gasteiger partial charge in [0.1, 0.15) is 0 Å². The highest BCUT2D eigenvalue weighted by Crippen LogP contribution is 2.43. The van der Waals surface area contributed by atoms with E-state index in [0.717, 1.165) is 6.42 Å². The van der Waals surface area contributed by atoms with Crippen molar-refractivity contribution in [3.05, 3.63) is 28.2 Å². The van der Waals surface area contributed by atoms with E-state index in [1.54, 1.807) is 18.2 Å². The molecule has 2 atom stereocenters. The number of carbonyl (C=O) groups excluding carboxylic acids is 1. The number of amidine groups is 1. The lowest BCUT2D eigenvalue weighted by Crippen LogP contribution is -2.38. The number of benzene rings is 1. The molecule has 1 aromatic rings. The molecular weight excluding hydrogens is 439 g/mol. The maximum atomic E-state index is 12.5. The molecule has 0 radical (unpaired) electrons. The average molecular weight is 461 g/mol. The number of sulfone groups is 1. The summed E-state index contributed by atoms with van der Waals surface area (Å²) in [6.07, 6.45) is 6.21. The number of hydrogen-bond acceptors (Lipinski definition) is 4. The third kappa shape index (κ3) is 4.37. The molecule has 1 aromatic carbocycles. The molecule has 0 bridgehead atoms. The molecule has 0 aromatic heterocycles. The van der Waals surface area contributed by atoms with Crippen LogP contribution in [0.1, 0.15) is 38.5 Å². The van der Waals surface area contributed by atoms with E-state index in [1.807, 2.05) is 4.90 Å². The first-order valence-electron chi connectivity index (χ1n) is 9.55. The Kier molecular flexibility index (Phi) is 5.98. The number of halogens is 2. The minimum absolute atomic E-state index is 0.0305. The SMILES string of the molecule is O=C(CCC1CCCC1)N=C1SC2CS(=O)(=O)CC2N1c1cc(Cl)ccc1Cl. The number of aliphatic imine (C=N–C) groups is 1. The van der Waals surface area contributed by atoms with Gasteiger partial charge in [-0.1, -0.05) is 60.6 Å². The molecule has 3 fully saturated rings. The summed E-state index contributed by atoms with van der Waals surface area (Å²) in [5.41, 5.74) is 0.605. The van der Waals surface area contributed by atoms with E-state index in [2.05, 4.69) is 4.99 Å². The van der Waals surface area contributed by atoms with Crippen molar-refractivity contribution in [2.45, 2.75) is 49.8 Å². The topological polar surface area (TPSA) is 66.8 Å². The smallest absolute Gasteiger partial charge is 0.248 e. The van der Waals surface area contributed by atoms with E-state index in [4.69, 9.17) is 23.2 Å². The fourth-order valence-corrected chi connectivity index (χ4v) is 8.60. The zero-order valence-corrected chi connectivity index (χ0v) is 18.5. The molecule has 152 valence electrons. The van der Waals surface area contributed by atoms with Crippen LogP contribution in [0.4, 0.5) is 5.69 Å². The summed E-state index contributed by atoms with van der Waals surface area (Å²) in [7, 11) is -3.12. The first-order valence-corrected chi connectivity index (χ1v) is 13.0. The van der Waals surface area contributed by atoms with Crippen LogP contribution in [0.25, 0.3) is 0 Å². The summed E-state index contributed by atoms with van der Waals surface area (Å²) in [5, 5.41) is 1.34. The Balaban J connectivity index is 1.60. The number of carbonyl (C=O) groups is 1. The van der Waals surface area contributed by atoms with E-state index >= 15 is 0 Å². The molecule has 1 amide bonds. The summed E-state index contributed by atoms with van der Waals surface area (Å²) < 4.78 is 24.3. The second kappa shape index (κ2) is 8.17. The van der Waals surface area contributed by atoms with Gasteiger partial charge in [-0.15, -0.1) is 0 Å². The summed E-state index contributed by atoms with van der Waals surface area (Å²) in [6, 6.07) is 4.78. The molecule has 2 saturated heterocycles. The highest BCUT2D eigenvalue weighted by Gasteiger charge is 2.49. The molecule has 9 heteroatoms. The summed E-state index contributed by atoms with van der Waals surface area (Å²) in [6.45, 7) is 0. The predicted octanol–water partition coefficient (Wildman–Crippen LogP) is 4.57. The average Bonchev–Trinajstić information content (AvgIpc) is 3.30. The molecule has 1 saturated carbocycles. The van der Waals surface area contributed by atoms with Gasteiger partial charge in [0.2, 0.25) is 5.91 Å². The number of hydrogen-bond donors (Lipinski definition) is 0. The lowest BCUT2D eigenvalue weighted by atomic mass is 10.0. The maximum absolute atomic E-state index is 12.5. The number of nitrogens with zero attached hydrogens (tertiary/aromatic N) is 2. The third-order valence-electron chi connectivity index (χ3n) is 5.70. The van der Waals surface area contributed by atoms with Crippen molar-refractivity contribution in [1.29, 1.82) is 0 Å². The van der Waals surface area contributed by atoms with Gasteiger partial charge < -0.3 is 4.90 Å². The Morgan fingerprint density at radius 2 is 1.96 bits per heavy atom. The van der Waals surface area contributed by atoms with Crippen molar-refractivity contribution in [2.24, 2.45) is 10.9 Å². The van der Waals surface area contributed by atoms with E-state index < -0.39 is 9.84 Å². The van der Waals surface area contributed by atoms with Gasteiger partial charge >= 0.3 is 0 Å². The number of thioether (sulfide) groups is 1. The van der Waals surface area contributed by atoms with Crippen molar-refractivity contribution in [3.63, 3.8) is 0 Å². The molecular formula is C19H22Cl2N2O3S2. The Morgan fingerprint density at radius 3 is 2.71 bits per heavy atom. The van der Waals surface area contributed by atoms with Crippen LogP contribution in [0.15, 0.2) is 23.2 Å². The van der Waals surface area contributed by atoms with Crippen LogP contribution in [-0.2, 0) is 14.6 Å². The minimum atomic E-state index is -3.12. The summed E-state index contributed by atoms with van der Waals surface area (Å²) in [5.74, 6) is 0.596. The normalized spacial score (nSPS) is 28.2. The molecule has 1 aliphatic carbocycles. The van der Waals surface area contributed by atoms with Crippen molar-refractivity contribution in [1.82, 2.24) is 0 Å². The Labute approximate surface area is 179 Å². The van der Waals surface area contributed by atoms with E-state index in [1.165, 1.54) is 37.4 Å². The zero-order valence-electron chi connectivity index (χ0n) is 15.3. The molecule has 2 aliphatic heterocycles. The second-order valence-corrected chi connectivity index (χ2v) is 11.9. The highest BCUT2D eigenvalue weighted by atomic mass is 35.5. The molecule has 3 aliphatic rings. The Morgan fingerprint density at radius 1 is 1.21 bits per heavy atom. The lowest BCUT2D eigenvalue weighted by Gasteiger charge is -2.25. The molecule has 0 N–H and O–H groups in total. The van der Waals surface area contributed by atoms with Gasteiger partial charge in [-0.3, -0.25) is 4.79 Å². The van der Waals surface area contributed by atoms with Crippen molar-refractivity contribution < 1.29 is 13.2 Å². The predicted molar refractivity (Wildman–Crippen MR) is 116 cm³/mol. The number of anilines is 1. The van der Waals surface area contributed by atoms with Gasteiger partial charge in [-0.2, -0.15) is 4.99 Å². The molecule has 0 spiro atoms. The van der Waals surface area contributed by atoms with Gasteiger partial charge in [0.15, 0.2) is 15.0 Å². The van der Waals surface area contributed by atoms with Crippen LogP contribution < -0.4 is 4.90 Å². The van der Waals surface area contributed by atoms with Gasteiger partial charge in [-0.25, -0.2) is 8.42 Å². The zero-order chi connectivity index (χ0) is 19.9. The van der Waals surface area contributed by atoms with Crippen molar-refractivity contribution in [2.75, 3.05) is 16.4 Å². The second-order valence-electron chi connectivity index (χ2n) is 7.74. The first-order chi connectivity index (χ1) is 13.3. The summed E-state index contributed by atoms with van der Waals surface area (Å²) >= 11 is 13.9. The maximum Gasteiger partial charge on any atom is 0.248 e. The fourth-order valence-electron chi connectivity index (χ4n) is 4.31. The minimum Gasteiger partial charge on any atom is -0.314 e. The van der Waals surface area contributed by atoms with Crippen LogP contribution in [0.2, 0.25) is 10.0 Å². The van der Waals surface area contributed by atoms with Crippen LogP contribution in [0.3, 0.4) is 0 Å². The molecule has 5 nitrogen and oxygen atoms in total. The quantitative estimate of drug-likeness (QED) is 0.658. The molecule has 28 heavy (non-hydrogen) atoms. The lowest BCUT2D eigenvalue weighted by molar-refractivity contribution is -0.118. The van der Waals surface area contributed by atoms with E-state index in [0.29, 0.717) is 33.2 Å². The number of rotatable bonds is 4. The molecule has 2 heterocycles. The Hall–Kier alpha value is -0.760. The van der Waals surface area contributed by atoms with Crippen molar-refractivity contribution >= 4 is 61.6 Å². The van der Waals surface area contributed by atoms with Gasteiger partial charge in [0, 0.05) is 16.7 Å². The molecule has 4 rings (SSSR count).